The fraction of sp³-hybridized carbons (Fsp3) is 0.355. The molecule has 0 bridgehead atoms. The van der Waals surface area contributed by atoms with E-state index in [2.05, 4.69) is 109 Å². The smallest absolute Gasteiger partial charge is 0.00645 e. The molecular formula is C31H42. The summed E-state index contributed by atoms with van der Waals surface area (Å²) in [5, 5.41) is 2.54. The summed E-state index contributed by atoms with van der Waals surface area (Å²) in [7, 11) is 0. The van der Waals surface area contributed by atoms with Gasteiger partial charge >= 0.3 is 0 Å². The lowest BCUT2D eigenvalue weighted by molar-refractivity contribution is 0.990. The first-order valence-corrected chi connectivity index (χ1v) is 11.9. The number of allylic oxidation sites excluding steroid dienone is 3. The summed E-state index contributed by atoms with van der Waals surface area (Å²) in [5.74, 6) is 0. The standard InChI is InChI=1S/C26H28.C3H8.C2H6/c1-6-20(7-2)14-26-17-22(9-8-19(26)5)25-13-12-23-15-21(18(3)4)10-11-24(23)16-25;1-3-2;1-2/h6,8-13,15-17H,3,7,14H2,1-2,4-5H3;3H2,1-2H3;1-2H3/b20-6+;;. The summed E-state index contributed by atoms with van der Waals surface area (Å²) in [6.45, 7) is 20.9. The molecule has 0 heteroatoms. The second kappa shape index (κ2) is 13.7. The molecule has 3 aromatic rings. The van der Waals surface area contributed by atoms with E-state index in [4.69, 9.17) is 0 Å². The average molecular weight is 415 g/mol. The molecule has 0 aliphatic rings. The summed E-state index contributed by atoms with van der Waals surface area (Å²) in [4.78, 5) is 0. The molecule has 0 amide bonds. The third-order valence-corrected chi connectivity index (χ3v) is 5.30. The zero-order valence-electron chi connectivity index (χ0n) is 21.1. The van der Waals surface area contributed by atoms with Gasteiger partial charge in [-0.1, -0.05) is 107 Å². The lowest BCUT2D eigenvalue weighted by Crippen LogP contribution is -1.94. The molecule has 0 saturated carbocycles. The first kappa shape index (κ1) is 26.4. The van der Waals surface area contributed by atoms with Crippen molar-refractivity contribution in [1.82, 2.24) is 0 Å². The Morgan fingerprint density at radius 3 is 1.97 bits per heavy atom. The number of hydrogen-bond acceptors (Lipinski definition) is 0. The molecule has 31 heavy (non-hydrogen) atoms. The van der Waals surface area contributed by atoms with Gasteiger partial charge in [0.15, 0.2) is 0 Å². The molecule has 3 rings (SSSR count). The van der Waals surface area contributed by atoms with Crippen molar-refractivity contribution in [2.24, 2.45) is 0 Å². The summed E-state index contributed by atoms with van der Waals surface area (Å²) < 4.78 is 0. The van der Waals surface area contributed by atoms with E-state index in [0.717, 1.165) is 18.4 Å². The van der Waals surface area contributed by atoms with Crippen LogP contribution in [0.25, 0.3) is 27.5 Å². The predicted octanol–water partition coefficient (Wildman–Crippen LogP) is 10.2. The summed E-state index contributed by atoms with van der Waals surface area (Å²) in [5.41, 5.74) is 9.18. The van der Waals surface area contributed by atoms with E-state index in [0.29, 0.717) is 0 Å². The molecule has 0 aliphatic carbocycles. The number of fused-ring (bicyclic) bond motifs is 1. The van der Waals surface area contributed by atoms with E-state index < -0.39 is 0 Å². The summed E-state index contributed by atoms with van der Waals surface area (Å²) in [6.07, 6.45) is 5.66. The van der Waals surface area contributed by atoms with Crippen molar-refractivity contribution in [3.63, 3.8) is 0 Å². The van der Waals surface area contributed by atoms with Crippen LogP contribution in [0, 0.1) is 6.92 Å². The SMILES string of the molecule is C=C(C)c1ccc2cc(-c3ccc(C)c(C/C(=C/C)CC)c3)ccc2c1.CC.CCC. The number of benzene rings is 3. The van der Waals surface area contributed by atoms with Crippen molar-refractivity contribution >= 4 is 16.3 Å². The molecule has 0 heterocycles. The fourth-order valence-corrected chi connectivity index (χ4v) is 3.41. The third kappa shape index (κ3) is 7.55. The van der Waals surface area contributed by atoms with Crippen molar-refractivity contribution in [2.75, 3.05) is 0 Å². The molecule has 0 atom stereocenters. The Morgan fingerprint density at radius 2 is 1.39 bits per heavy atom. The average Bonchev–Trinajstić information content (AvgIpc) is 2.79. The van der Waals surface area contributed by atoms with Crippen molar-refractivity contribution in [1.29, 1.82) is 0 Å². The predicted molar refractivity (Wildman–Crippen MR) is 144 cm³/mol. The van der Waals surface area contributed by atoms with Crippen LogP contribution in [0.2, 0.25) is 0 Å². The first-order valence-electron chi connectivity index (χ1n) is 11.9. The molecule has 3 aromatic carbocycles. The van der Waals surface area contributed by atoms with Crippen LogP contribution in [0.4, 0.5) is 0 Å². The maximum atomic E-state index is 4.05. The first-order chi connectivity index (χ1) is 14.9. The van der Waals surface area contributed by atoms with Gasteiger partial charge in [-0.25, -0.2) is 0 Å². The van der Waals surface area contributed by atoms with Gasteiger partial charge in [0.2, 0.25) is 0 Å². The Balaban J connectivity index is 0.000000884. The van der Waals surface area contributed by atoms with Crippen LogP contribution < -0.4 is 0 Å². The third-order valence-electron chi connectivity index (χ3n) is 5.30. The van der Waals surface area contributed by atoms with Gasteiger partial charge in [-0.15, -0.1) is 0 Å². The number of rotatable bonds is 5. The highest BCUT2D eigenvalue weighted by Gasteiger charge is 2.06. The fourth-order valence-electron chi connectivity index (χ4n) is 3.41. The van der Waals surface area contributed by atoms with Crippen LogP contribution in [0.5, 0.6) is 0 Å². The maximum absolute atomic E-state index is 4.05. The van der Waals surface area contributed by atoms with Crippen LogP contribution in [0.3, 0.4) is 0 Å². The Bertz CT molecular complexity index is 1000. The van der Waals surface area contributed by atoms with E-state index in [1.54, 1.807) is 0 Å². The molecule has 0 N–H and O–H groups in total. The number of aryl methyl sites for hydroxylation is 1. The molecule has 0 spiro atoms. The lowest BCUT2D eigenvalue weighted by Gasteiger charge is -2.12. The normalized spacial score (nSPS) is 10.6. The van der Waals surface area contributed by atoms with E-state index in [-0.39, 0.29) is 0 Å². The molecule has 0 aromatic heterocycles. The van der Waals surface area contributed by atoms with E-state index >= 15 is 0 Å². The Morgan fingerprint density at radius 1 is 0.839 bits per heavy atom. The van der Waals surface area contributed by atoms with Crippen LogP contribution in [0.15, 0.2) is 72.8 Å². The van der Waals surface area contributed by atoms with Gasteiger partial charge in [-0.2, -0.15) is 0 Å². The number of hydrogen-bond donors (Lipinski definition) is 0. The van der Waals surface area contributed by atoms with Gasteiger partial charge in [0, 0.05) is 0 Å². The van der Waals surface area contributed by atoms with E-state index in [1.165, 1.54) is 50.6 Å². The van der Waals surface area contributed by atoms with Gasteiger partial charge < -0.3 is 0 Å². The Labute approximate surface area is 191 Å². The van der Waals surface area contributed by atoms with Crippen molar-refractivity contribution in [2.45, 2.75) is 74.7 Å². The van der Waals surface area contributed by atoms with Crippen molar-refractivity contribution < 1.29 is 0 Å². The molecule has 0 radical (unpaired) electrons. The van der Waals surface area contributed by atoms with Gasteiger partial charge in [-0.3, -0.25) is 0 Å². The van der Waals surface area contributed by atoms with Crippen LogP contribution in [-0.4, -0.2) is 0 Å². The second-order valence-electron chi connectivity index (χ2n) is 7.88. The van der Waals surface area contributed by atoms with Crippen molar-refractivity contribution in [3.8, 4) is 11.1 Å². The minimum absolute atomic E-state index is 1.04. The Hall–Kier alpha value is -2.60. The minimum atomic E-state index is 1.04. The zero-order valence-corrected chi connectivity index (χ0v) is 21.1. The quantitative estimate of drug-likeness (QED) is 0.364. The highest BCUT2D eigenvalue weighted by atomic mass is 14.1. The highest BCUT2D eigenvalue weighted by Crippen LogP contribution is 2.29. The molecule has 0 unspecified atom stereocenters. The zero-order chi connectivity index (χ0) is 23.4. The van der Waals surface area contributed by atoms with Crippen LogP contribution >= 0.6 is 0 Å². The summed E-state index contributed by atoms with van der Waals surface area (Å²) >= 11 is 0. The highest BCUT2D eigenvalue weighted by molar-refractivity contribution is 5.89. The van der Waals surface area contributed by atoms with Gasteiger partial charge in [-0.05, 0) is 84.3 Å². The minimum Gasteiger partial charge on any atom is -0.0955 e. The molecule has 166 valence electrons. The molecule has 0 fully saturated rings. The van der Waals surface area contributed by atoms with Gasteiger partial charge in [0.05, 0.1) is 0 Å². The van der Waals surface area contributed by atoms with E-state index in [9.17, 15) is 0 Å². The monoisotopic (exact) mass is 414 g/mol. The lowest BCUT2D eigenvalue weighted by atomic mass is 9.93. The van der Waals surface area contributed by atoms with E-state index in [1.807, 2.05) is 13.8 Å². The maximum Gasteiger partial charge on any atom is -0.00645 e. The molecule has 0 saturated heterocycles. The van der Waals surface area contributed by atoms with Crippen molar-refractivity contribution in [3.05, 3.63) is 89.5 Å². The Kier molecular flexibility index (Phi) is 11.6. The topological polar surface area (TPSA) is 0 Å². The van der Waals surface area contributed by atoms with Gasteiger partial charge in [0.1, 0.15) is 0 Å². The van der Waals surface area contributed by atoms with Gasteiger partial charge in [0.25, 0.3) is 0 Å². The van der Waals surface area contributed by atoms with Crippen LogP contribution in [-0.2, 0) is 6.42 Å². The largest absolute Gasteiger partial charge is 0.0955 e. The molecular weight excluding hydrogens is 372 g/mol. The molecule has 0 aliphatic heterocycles. The second-order valence-corrected chi connectivity index (χ2v) is 7.88. The summed E-state index contributed by atoms with van der Waals surface area (Å²) in [6, 6.07) is 20.2. The van der Waals surface area contributed by atoms with Crippen LogP contribution in [0.1, 0.15) is 78.0 Å². The molecule has 0 nitrogen and oxygen atoms in total.